The van der Waals surface area contributed by atoms with Gasteiger partial charge in [-0.05, 0) is 48.8 Å². The Morgan fingerprint density at radius 3 is 2.70 bits per heavy atom. The largest absolute Gasteiger partial charge is 0.469 e. The molecule has 0 aliphatic heterocycles. The Kier molecular flexibility index (Phi) is 3.74. The molecule has 1 aromatic carbocycles. The van der Waals surface area contributed by atoms with E-state index in [0.717, 1.165) is 18.4 Å². The smallest absolute Gasteiger partial charge is 0.310 e. The monoisotopic (exact) mass is 277 g/mol. The summed E-state index contributed by atoms with van der Waals surface area (Å²) in [5, 5.41) is 3.49. The molecule has 2 fully saturated rings. The number of carbonyl (C=O) groups excluding carboxylic acids is 1. The second-order valence-corrected chi connectivity index (χ2v) is 5.92. The van der Waals surface area contributed by atoms with Gasteiger partial charge in [-0.1, -0.05) is 12.1 Å². The first-order chi connectivity index (χ1) is 9.69. The van der Waals surface area contributed by atoms with E-state index in [2.05, 4.69) is 5.32 Å². The summed E-state index contributed by atoms with van der Waals surface area (Å²) in [5.41, 5.74) is 1.04. The summed E-state index contributed by atoms with van der Waals surface area (Å²) in [6.07, 6.45) is 3.46. The second kappa shape index (κ2) is 5.52. The molecule has 0 radical (unpaired) electrons. The van der Waals surface area contributed by atoms with Crippen molar-refractivity contribution in [2.24, 2.45) is 17.8 Å². The Balaban J connectivity index is 1.66. The van der Waals surface area contributed by atoms with Crippen LogP contribution in [-0.4, -0.2) is 19.1 Å². The van der Waals surface area contributed by atoms with Crippen molar-refractivity contribution in [2.45, 2.75) is 31.8 Å². The van der Waals surface area contributed by atoms with E-state index in [1.807, 2.05) is 0 Å². The van der Waals surface area contributed by atoms with Crippen LogP contribution in [0.25, 0.3) is 0 Å². The van der Waals surface area contributed by atoms with Crippen LogP contribution in [0.2, 0.25) is 0 Å². The highest BCUT2D eigenvalue weighted by Gasteiger charge is 2.51. The van der Waals surface area contributed by atoms with E-state index < -0.39 is 0 Å². The highest BCUT2D eigenvalue weighted by molar-refractivity contribution is 5.74. The molecule has 0 spiro atoms. The maximum Gasteiger partial charge on any atom is 0.310 e. The molecule has 4 heteroatoms. The van der Waals surface area contributed by atoms with E-state index in [9.17, 15) is 9.18 Å². The minimum absolute atomic E-state index is 0.0146. The normalized spacial score (nSPS) is 31.5. The number of halogens is 1. The van der Waals surface area contributed by atoms with Crippen LogP contribution < -0.4 is 5.32 Å². The van der Waals surface area contributed by atoms with Gasteiger partial charge in [-0.15, -0.1) is 0 Å². The fourth-order valence-electron chi connectivity index (χ4n) is 3.90. The lowest BCUT2D eigenvalue weighted by atomic mass is 9.84. The van der Waals surface area contributed by atoms with Gasteiger partial charge in [-0.3, -0.25) is 4.79 Å². The lowest BCUT2D eigenvalue weighted by molar-refractivity contribution is -0.148. The van der Waals surface area contributed by atoms with Crippen molar-refractivity contribution in [3.63, 3.8) is 0 Å². The summed E-state index contributed by atoms with van der Waals surface area (Å²) in [6, 6.07) is 6.70. The van der Waals surface area contributed by atoms with E-state index >= 15 is 0 Å². The summed E-state index contributed by atoms with van der Waals surface area (Å²) < 4.78 is 17.8. The molecule has 3 rings (SSSR count). The molecule has 2 bridgehead atoms. The Bertz CT molecular complexity index is 488. The van der Waals surface area contributed by atoms with Gasteiger partial charge in [-0.2, -0.15) is 0 Å². The molecule has 4 atom stereocenters. The molecular weight excluding hydrogens is 257 g/mol. The van der Waals surface area contributed by atoms with Crippen LogP contribution in [0.5, 0.6) is 0 Å². The Morgan fingerprint density at radius 1 is 1.30 bits per heavy atom. The van der Waals surface area contributed by atoms with Crippen LogP contribution in [0.3, 0.4) is 0 Å². The van der Waals surface area contributed by atoms with Gasteiger partial charge >= 0.3 is 5.97 Å². The molecule has 108 valence electrons. The molecule has 1 aromatic rings. The Morgan fingerprint density at radius 2 is 2.00 bits per heavy atom. The average molecular weight is 277 g/mol. The number of nitrogens with one attached hydrogen (secondary N) is 1. The molecule has 1 N–H and O–H groups in total. The van der Waals surface area contributed by atoms with Gasteiger partial charge < -0.3 is 10.1 Å². The molecule has 0 amide bonds. The van der Waals surface area contributed by atoms with Gasteiger partial charge in [0.05, 0.1) is 13.0 Å². The van der Waals surface area contributed by atoms with Crippen molar-refractivity contribution < 1.29 is 13.9 Å². The van der Waals surface area contributed by atoms with Gasteiger partial charge in [-0.25, -0.2) is 4.39 Å². The van der Waals surface area contributed by atoms with Crippen LogP contribution in [0.4, 0.5) is 4.39 Å². The molecule has 20 heavy (non-hydrogen) atoms. The SMILES string of the molecule is COC(=O)[C@H]1[C@H]2CC[C@H](C2)[C@H]1NCc1ccc(F)cc1. The highest BCUT2D eigenvalue weighted by atomic mass is 19.1. The van der Waals surface area contributed by atoms with Crippen LogP contribution in [0.15, 0.2) is 24.3 Å². The zero-order valence-electron chi connectivity index (χ0n) is 11.6. The van der Waals surface area contributed by atoms with Gasteiger partial charge in [0.25, 0.3) is 0 Å². The van der Waals surface area contributed by atoms with Gasteiger partial charge in [0.2, 0.25) is 0 Å². The van der Waals surface area contributed by atoms with Crippen LogP contribution in [-0.2, 0) is 16.1 Å². The maximum atomic E-state index is 12.9. The number of hydrogen-bond donors (Lipinski definition) is 1. The fourth-order valence-corrected chi connectivity index (χ4v) is 3.90. The lowest BCUT2D eigenvalue weighted by Gasteiger charge is -2.30. The zero-order valence-corrected chi connectivity index (χ0v) is 11.6. The van der Waals surface area contributed by atoms with E-state index in [4.69, 9.17) is 4.74 Å². The van der Waals surface area contributed by atoms with Gasteiger partial charge in [0, 0.05) is 12.6 Å². The zero-order chi connectivity index (χ0) is 14.1. The van der Waals surface area contributed by atoms with Gasteiger partial charge in [0.15, 0.2) is 0 Å². The van der Waals surface area contributed by atoms with E-state index in [1.54, 1.807) is 12.1 Å². The lowest BCUT2D eigenvalue weighted by Crippen LogP contribution is -2.44. The number of benzene rings is 1. The molecule has 0 heterocycles. The van der Waals surface area contributed by atoms with E-state index in [-0.39, 0.29) is 23.7 Å². The molecule has 0 unspecified atom stereocenters. The summed E-state index contributed by atoms with van der Waals surface area (Å²) in [7, 11) is 1.46. The molecule has 3 nitrogen and oxygen atoms in total. The topological polar surface area (TPSA) is 38.3 Å². The molecule has 0 saturated heterocycles. The number of hydrogen-bond acceptors (Lipinski definition) is 3. The maximum absolute atomic E-state index is 12.9. The van der Waals surface area contributed by atoms with Crippen molar-refractivity contribution in [2.75, 3.05) is 7.11 Å². The van der Waals surface area contributed by atoms with Crippen molar-refractivity contribution in [1.82, 2.24) is 5.32 Å². The van der Waals surface area contributed by atoms with Crippen molar-refractivity contribution in [3.8, 4) is 0 Å². The fraction of sp³-hybridized carbons (Fsp3) is 0.562. The van der Waals surface area contributed by atoms with Crippen LogP contribution >= 0.6 is 0 Å². The summed E-state index contributed by atoms with van der Waals surface area (Å²) in [6.45, 7) is 0.668. The van der Waals surface area contributed by atoms with Gasteiger partial charge in [0.1, 0.15) is 5.82 Å². The molecule has 2 aliphatic rings. The number of carbonyl (C=O) groups is 1. The van der Waals surface area contributed by atoms with Crippen molar-refractivity contribution in [1.29, 1.82) is 0 Å². The number of rotatable bonds is 4. The molecule has 0 aromatic heterocycles. The standard InChI is InChI=1S/C16H20FNO2/c1-20-16(19)14-11-4-5-12(8-11)15(14)18-9-10-2-6-13(17)7-3-10/h2-3,6-7,11-12,14-15,18H,4-5,8-9H2,1H3/t11-,12+,14-,15+/m0/s1. The molecule has 2 saturated carbocycles. The second-order valence-electron chi connectivity index (χ2n) is 5.92. The molecule has 2 aliphatic carbocycles. The molecular formula is C16H20FNO2. The first-order valence-corrected chi connectivity index (χ1v) is 7.24. The Hall–Kier alpha value is -1.42. The van der Waals surface area contributed by atoms with Crippen molar-refractivity contribution in [3.05, 3.63) is 35.6 Å². The number of fused-ring (bicyclic) bond motifs is 2. The first kappa shape index (κ1) is 13.6. The van der Waals surface area contributed by atoms with E-state index in [1.165, 1.54) is 25.7 Å². The Labute approximate surface area is 118 Å². The predicted molar refractivity (Wildman–Crippen MR) is 73.4 cm³/mol. The van der Waals surface area contributed by atoms with Crippen molar-refractivity contribution >= 4 is 5.97 Å². The van der Waals surface area contributed by atoms with Crippen LogP contribution in [0, 0.1) is 23.6 Å². The number of esters is 1. The number of ether oxygens (including phenoxy) is 1. The predicted octanol–water partition coefficient (Wildman–Crippen LogP) is 2.50. The quantitative estimate of drug-likeness (QED) is 0.859. The van der Waals surface area contributed by atoms with E-state index in [0.29, 0.717) is 18.4 Å². The highest BCUT2D eigenvalue weighted by Crippen LogP contribution is 2.48. The summed E-state index contributed by atoms with van der Waals surface area (Å²) >= 11 is 0. The first-order valence-electron chi connectivity index (χ1n) is 7.24. The summed E-state index contributed by atoms with van der Waals surface area (Å²) in [4.78, 5) is 12.0. The third-order valence-corrected chi connectivity index (χ3v) is 4.84. The minimum atomic E-state index is -0.221. The third kappa shape index (κ3) is 2.44. The minimum Gasteiger partial charge on any atom is -0.469 e. The number of methoxy groups -OCH3 is 1. The summed E-state index contributed by atoms with van der Waals surface area (Å²) in [5.74, 6) is 0.719. The average Bonchev–Trinajstić information content (AvgIpc) is 3.06. The third-order valence-electron chi connectivity index (χ3n) is 4.84. The van der Waals surface area contributed by atoms with Crippen LogP contribution in [0.1, 0.15) is 24.8 Å².